The van der Waals surface area contributed by atoms with Crippen LogP contribution in [0.1, 0.15) is 11.1 Å². The van der Waals surface area contributed by atoms with Crippen molar-refractivity contribution >= 4 is 28.1 Å². The molecule has 0 saturated heterocycles. The van der Waals surface area contributed by atoms with Gasteiger partial charge in [0, 0.05) is 23.7 Å². The first-order chi connectivity index (χ1) is 10.2. The second-order valence-electron chi connectivity index (χ2n) is 4.65. The van der Waals surface area contributed by atoms with Gasteiger partial charge in [-0.15, -0.1) is 0 Å². The third-order valence-corrected chi connectivity index (χ3v) is 5.26. The summed E-state index contributed by atoms with van der Waals surface area (Å²) in [7, 11) is 0. The number of thiazole rings is 1. The van der Waals surface area contributed by atoms with Gasteiger partial charge in [0.05, 0.1) is 0 Å². The quantitative estimate of drug-likeness (QED) is 0.726. The molecule has 0 fully saturated rings. The molecular formula is C16H15N3S2. The van der Waals surface area contributed by atoms with Crippen molar-refractivity contribution in [2.24, 2.45) is 0 Å². The maximum Gasteiger partial charge on any atom is 0.152 e. The van der Waals surface area contributed by atoms with Crippen LogP contribution >= 0.6 is 23.1 Å². The van der Waals surface area contributed by atoms with E-state index in [4.69, 9.17) is 5.73 Å². The third kappa shape index (κ3) is 3.25. The summed E-state index contributed by atoms with van der Waals surface area (Å²) >= 11 is 3.26. The van der Waals surface area contributed by atoms with Crippen molar-refractivity contribution in [3.63, 3.8) is 0 Å². The number of hydrogen-bond donors (Lipinski definition) is 1. The SMILES string of the molecule is Cc1ccccc1CSc1nc(-c2cccnc2)c(N)s1. The van der Waals surface area contributed by atoms with Gasteiger partial charge in [-0.2, -0.15) is 0 Å². The molecule has 0 atom stereocenters. The van der Waals surface area contributed by atoms with Crippen LogP contribution in [-0.4, -0.2) is 9.97 Å². The second kappa shape index (κ2) is 6.28. The first kappa shape index (κ1) is 14.1. The van der Waals surface area contributed by atoms with Crippen molar-refractivity contribution in [3.05, 3.63) is 59.9 Å². The van der Waals surface area contributed by atoms with Crippen molar-refractivity contribution in [1.29, 1.82) is 0 Å². The van der Waals surface area contributed by atoms with Crippen molar-refractivity contribution < 1.29 is 0 Å². The van der Waals surface area contributed by atoms with Gasteiger partial charge in [0.1, 0.15) is 10.7 Å². The van der Waals surface area contributed by atoms with E-state index in [9.17, 15) is 0 Å². The van der Waals surface area contributed by atoms with Crippen molar-refractivity contribution in [2.45, 2.75) is 17.0 Å². The number of hydrogen-bond acceptors (Lipinski definition) is 5. The molecule has 0 amide bonds. The number of nitrogen functional groups attached to an aromatic ring is 1. The molecule has 0 aliphatic rings. The minimum atomic E-state index is 0.746. The lowest BCUT2D eigenvalue weighted by atomic mass is 10.1. The molecule has 1 aromatic carbocycles. The Labute approximate surface area is 132 Å². The molecule has 3 aromatic rings. The molecule has 0 bridgehead atoms. The minimum absolute atomic E-state index is 0.746. The van der Waals surface area contributed by atoms with Crippen LogP contribution < -0.4 is 5.73 Å². The molecule has 5 heteroatoms. The number of pyridine rings is 1. The van der Waals surface area contributed by atoms with E-state index in [1.165, 1.54) is 22.5 Å². The van der Waals surface area contributed by atoms with Crippen LogP contribution in [0.4, 0.5) is 5.00 Å². The summed E-state index contributed by atoms with van der Waals surface area (Å²) in [6.45, 7) is 2.13. The lowest BCUT2D eigenvalue weighted by Gasteiger charge is -2.02. The number of anilines is 1. The molecule has 106 valence electrons. The minimum Gasteiger partial charge on any atom is -0.389 e. The summed E-state index contributed by atoms with van der Waals surface area (Å²) in [4.78, 5) is 8.76. The number of thioether (sulfide) groups is 1. The van der Waals surface area contributed by atoms with Gasteiger partial charge < -0.3 is 5.73 Å². The molecule has 3 nitrogen and oxygen atoms in total. The fraction of sp³-hybridized carbons (Fsp3) is 0.125. The van der Waals surface area contributed by atoms with Crippen LogP contribution in [0.25, 0.3) is 11.3 Å². The molecule has 0 unspecified atom stereocenters. The van der Waals surface area contributed by atoms with Gasteiger partial charge in [0.2, 0.25) is 0 Å². The number of nitrogens with two attached hydrogens (primary N) is 1. The van der Waals surface area contributed by atoms with Crippen molar-refractivity contribution in [1.82, 2.24) is 9.97 Å². The van der Waals surface area contributed by atoms with E-state index in [1.54, 1.807) is 24.2 Å². The maximum atomic E-state index is 6.09. The van der Waals surface area contributed by atoms with Crippen LogP contribution in [0, 0.1) is 6.92 Å². The Morgan fingerprint density at radius 2 is 2.05 bits per heavy atom. The van der Waals surface area contributed by atoms with Crippen LogP contribution in [0.5, 0.6) is 0 Å². The topological polar surface area (TPSA) is 51.8 Å². The Kier molecular flexibility index (Phi) is 4.22. The summed E-state index contributed by atoms with van der Waals surface area (Å²) < 4.78 is 0.995. The predicted molar refractivity (Wildman–Crippen MR) is 90.5 cm³/mol. The first-order valence-electron chi connectivity index (χ1n) is 6.58. The molecule has 21 heavy (non-hydrogen) atoms. The molecule has 0 radical (unpaired) electrons. The van der Waals surface area contributed by atoms with Crippen LogP contribution in [0.2, 0.25) is 0 Å². The van der Waals surface area contributed by atoms with Gasteiger partial charge >= 0.3 is 0 Å². The van der Waals surface area contributed by atoms with Gasteiger partial charge in [-0.1, -0.05) is 47.4 Å². The van der Waals surface area contributed by atoms with Crippen LogP contribution in [-0.2, 0) is 5.75 Å². The third-order valence-electron chi connectivity index (χ3n) is 3.18. The van der Waals surface area contributed by atoms with Gasteiger partial charge in [-0.05, 0) is 30.2 Å². The summed E-state index contributed by atoms with van der Waals surface area (Å²) in [6.07, 6.45) is 3.54. The first-order valence-corrected chi connectivity index (χ1v) is 8.38. The molecule has 0 aliphatic heterocycles. The van der Waals surface area contributed by atoms with Gasteiger partial charge in [0.15, 0.2) is 4.34 Å². The molecule has 2 heterocycles. The molecule has 0 aliphatic carbocycles. The number of benzene rings is 1. The number of aromatic nitrogens is 2. The Bertz CT molecular complexity index is 738. The maximum absolute atomic E-state index is 6.09. The van der Waals surface area contributed by atoms with Gasteiger partial charge in [-0.3, -0.25) is 4.98 Å². The van der Waals surface area contributed by atoms with E-state index >= 15 is 0 Å². The summed E-state index contributed by atoms with van der Waals surface area (Å²) in [5.41, 5.74) is 10.5. The van der Waals surface area contributed by atoms with Crippen molar-refractivity contribution in [2.75, 3.05) is 5.73 Å². The number of rotatable bonds is 4. The van der Waals surface area contributed by atoms with Crippen LogP contribution in [0.3, 0.4) is 0 Å². The zero-order valence-electron chi connectivity index (χ0n) is 11.6. The average Bonchev–Trinajstić information content (AvgIpc) is 2.88. The summed E-state index contributed by atoms with van der Waals surface area (Å²) in [5, 5.41) is 0.746. The van der Waals surface area contributed by atoms with E-state index in [-0.39, 0.29) is 0 Å². The monoisotopic (exact) mass is 313 g/mol. The van der Waals surface area contributed by atoms with Crippen molar-refractivity contribution in [3.8, 4) is 11.3 Å². The highest BCUT2D eigenvalue weighted by atomic mass is 32.2. The van der Waals surface area contributed by atoms with Gasteiger partial charge in [0.25, 0.3) is 0 Å². The molecule has 2 aromatic heterocycles. The largest absolute Gasteiger partial charge is 0.389 e. The highest BCUT2D eigenvalue weighted by Gasteiger charge is 2.11. The number of aryl methyl sites for hydroxylation is 1. The smallest absolute Gasteiger partial charge is 0.152 e. The van der Waals surface area contributed by atoms with E-state index < -0.39 is 0 Å². The Morgan fingerprint density at radius 3 is 2.81 bits per heavy atom. The molecular weight excluding hydrogens is 298 g/mol. The molecule has 3 rings (SSSR count). The van der Waals surface area contributed by atoms with E-state index in [2.05, 4.69) is 41.2 Å². The molecule has 0 saturated carbocycles. The molecule has 2 N–H and O–H groups in total. The zero-order valence-corrected chi connectivity index (χ0v) is 13.2. The Hall–Kier alpha value is -1.85. The Balaban J connectivity index is 1.78. The van der Waals surface area contributed by atoms with Gasteiger partial charge in [-0.25, -0.2) is 4.98 Å². The normalized spacial score (nSPS) is 10.7. The van der Waals surface area contributed by atoms with E-state index in [1.807, 2.05) is 12.1 Å². The standard InChI is InChI=1S/C16H15N3S2/c1-11-5-2-3-6-13(11)10-20-16-19-14(15(17)21-16)12-7-4-8-18-9-12/h2-9H,10,17H2,1H3. The fourth-order valence-corrected chi connectivity index (χ4v) is 4.02. The lowest BCUT2D eigenvalue weighted by molar-refractivity contribution is 1.23. The lowest BCUT2D eigenvalue weighted by Crippen LogP contribution is -1.86. The second-order valence-corrected chi connectivity index (χ2v) is 6.90. The predicted octanol–water partition coefficient (Wildman–Crippen LogP) is 4.39. The highest BCUT2D eigenvalue weighted by molar-refractivity contribution is 8.00. The summed E-state index contributed by atoms with van der Waals surface area (Å²) in [5.74, 6) is 0.909. The fourth-order valence-electron chi connectivity index (χ4n) is 1.99. The van der Waals surface area contributed by atoms with E-state index in [0.717, 1.165) is 26.4 Å². The summed E-state index contributed by atoms with van der Waals surface area (Å²) in [6, 6.07) is 12.3. The molecule has 0 spiro atoms. The highest BCUT2D eigenvalue weighted by Crippen LogP contribution is 2.36. The zero-order chi connectivity index (χ0) is 14.7. The average molecular weight is 313 g/mol. The van der Waals surface area contributed by atoms with E-state index in [0.29, 0.717) is 0 Å². The Morgan fingerprint density at radius 1 is 1.19 bits per heavy atom. The number of nitrogens with zero attached hydrogens (tertiary/aromatic N) is 2. The van der Waals surface area contributed by atoms with Crippen LogP contribution in [0.15, 0.2) is 53.1 Å².